The highest BCUT2D eigenvalue weighted by atomic mass is 32.2. The van der Waals surface area contributed by atoms with Gasteiger partial charge in [0.05, 0.1) is 12.5 Å². The molecule has 3 aromatic carbocycles. The molecule has 0 fully saturated rings. The predicted molar refractivity (Wildman–Crippen MR) is 153 cm³/mol. The Kier molecular flexibility index (Phi) is 9.83. The molecule has 232 valence electrons. The average Bonchev–Trinajstić information content (AvgIpc) is 2.94. The molecule has 11 heteroatoms. The lowest BCUT2D eigenvalue weighted by atomic mass is 9.67. The van der Waals surface area contributed by atoms with Gasteiger partial charge in [-0.1, -0.05) is 37.3 Å². The van der Waals surface area contributed by atoms with E-state index in [1.807, 2.05) is 42.5 Å². The van der Waals surface area contributed by atoms with E-state index in [1.54, 1.807) is 36.0 Å². The number of aromatic hydroxyl groups is 2. The molecule has 4 rings (SSSR count). The Morgan fingerprint density at radius 2 is 1.58 bits per heavy atom. The van der Waals surface area contributed by atoms with Gasteiger partial charge in [-0.25, -0.2) is 0 Å². The van der Waals surface area contributed by atoms with Crippen LogP contribution in [-0.2, 0) is 10.2 Å². The number of ether oxygens (including phenoxy) is 1. The lowest BCUT2D eigenvalue weighted by Crippen LogP contribution is -2.36. The van der Waals surface area contributed by atoms with Crippen molar-refractivity contribution in [1.82, 2.24) is 0 Å². The van der Waals surface area contributed by atoms with Gasteiger partial charge in [0.1, 0.15) is 17.2 Å². The average molecular weight is 625 g/mol. The Balaban J connectivity index is 1.41. The Labute approximate surface area is 250 Å². The molecule has 0 radical (unpaired) electrons. The van der Waals surface area contributed by atoms with Crippen LogP contribution in [0.15, 0.2) is 71.6 Å². The summed E-state index contributed by atoms with van der Waals surface area (Å²) < 4.78 is 69.2. The molecule has 0 amide bonds. The number of thioether (sulfide) groups is 1. The van der Waals surface area contributed by atoms with Gasteiger partial charge in [-0.15, -0.1) is 11.8 Å². The highest BCUT2D eigenvalue weighted by molar-refractivity contribution is 7.99. The van der Waals surface area contributed by atoms with Crippen LogP contribution in [0.1, 0.15) is 61.6 Å². The summed E-state index contributed by atoms with van der Waals surface area (Å²) in [6.45, 7) is 2.32. The van der Waals surface area contributed by atoms with Crippen molar-refractivity contribution in [3.05, 3.63) is 83.4 Å². The van der Waals surface area contributed by atoms with E-state index in [4.69, 9.17) is 4.74 Å². The number of phenols is 2. The van der Waals surface area contributed by atoms with Gasteiger partial charge in [0, 0.05) is 28.4 Å². The van der Waals surface area contributed by atoms with Crippen LogP contribution in [0.3, 0.4) is 0 Å². The summed E-state index contributed by atoms with van der Waals surface area (Å²) in [6.07, 6.45) is -7.57. The predicted octanol–water partition coefficient (Wildman–Crippen LogP) is 8.52. The molecule has 0 aliphatic carbocycles. The van der Waals surface area contributed by atoms with Crippen molar-refractivity contribution >= 4 is 17.7 Å². The summed E-state index contributed by atoms with van der Waals surface area (Å²) in [5.74, 6) is -5.56. The third-order valence-corrected chi connectivity index (χ3v) is 9.39. The summed E-state index contributed by atoms with van der Waals surface area (Å²) in [5.41, 5.74) is 2.78. The monoisotopic (exact) mass is 624 g/mol. The summed E-state index contributed by atoms with van der Waals surface area (Å²) in [5, 5.41) is 29.3. The third-order valence-electron chi connectivity index (χ3n) is 7.99. The first-order valence-electron chi connectivity index (χ1n) is 13.9. The maximum absolute atomic E-state index is 13.1. The number of alkyl halides is 5. The normalized spacial score (nSPS) is 19.4. The second-order valence-electron chi connectivity index (χ2n) is 11.1. The molecule has 1 heterocycles. The quantitative estimate of drug-likeness (QED) is 0.138. The largest absolute Gasteiger partial charge is 0.508 e. The molecule has 3 atom stereocenters. The molecule has 0 saturated carbocycles. The van der Waals surface area contributed by atoms with E-state index in [-0.39, 0.29) is 48.7 Å². The van der Waals surface area contributed by atoms with Gasteiger partial charge in [-0.05, 0) is 78.8 Å². The van der Waals surface area contributed by atoms with Crippen LogP contribution < -0.4 is 4.74 Å². The molecular weight excluding hydrogens is 591 g/mol. The molecule has 3 unspecified atom stereocenters. The van der Waals surface area contributed by atoms with Crippen molar-refractivity contribution in [3.63, 3.8) is 0 Å². The van der Waals surface area contributed by atoms with Crippen LogP contribution in [-0.4, -0.2) is 45.7 Å². The van der Waals surface area contributed by atoms with Gasteiger partial charge in [0.2, 0.25) is 0 Å². The number of hydrogen-bond acceptors (Lipinski definition) is 5. The fourth-order valence-electron chi connectivity index (χ4n) is 5.56. The minimum atomic E-state index is -5.65. The highest BCUT2D eigenvalue weighted by Gasteiger charge is 2.56. The molecule has 0 saturated heterocycles. The fourth-order valence-corrected chi connectivity index (χ4v) is 6.91. The van der Waals surface area contributed by atoms with Gasteiger partial charge in [-0.3, -0.25) is 4.79 Å². The van der Waals surface area contributed by atoms with Gasteiger partial charge in [0.15, 0.2) is 0 Å². The van der Waals surface area contributed by atoms with Gasteiger partial charge < -0.3 is 20.1 Å². The van der Waals surface area contributed by atoms with Crippen LogP contribution in [0.4, 0.5) is 22.0 Å². The first-order valence-corrected chi connectivity index (χ1v) is 14.9. The number of phenolic OH excluding ortho intramolecular Hbond substituents is 2. The molecule has 3 N–H and O–H groups in total. The molecule has 0 bridgehead atoms. The molecule has 5 nitrogen and oxygen atoms in total. The minimum absolute atomic E-state index is 0.0796. The first-order chi connectivity index (χ1) is 20.2. The van der Waals surface area contributed by atoms with Gasteiger partial charge in [-0.2, -0.15) is 22.0 Å². The van der Waals surface area contributed by atoms with E-state index in [9.17, 15) is 42.1 Å². The van der Waals surface area contributed by atoms with Crippen LogP contribution in [0.5, 0.6) is 17.2 Å². The summed E-state index contributed by atoms with van der Waals surface area (Å²) in [4.78, 5) is 12.5. The van der Waals surface area contributed by atoms with Crippen molar-refractivity contribution in [2.75, 3.05) is 12.4 Å². The topological polar surface area (TPSA) is 87.0 Å². The van der Waals surface area contributed by atoms with E-state index in [2.05, 4.69) is 6.92 Å². The van der Waals surface area contributed by atoms with Crippen molar-refractivity contribution in [2.24, 2.45) is 5.92 Å². The summed E-state index contributed by atoms with van der Waals surface area (Å²) >= 11 is 1.66. The SMILES string of the molecule is CC1(c2ccc(O)cc2)CSc2cc(O)ccc2C1c1ccc(OCCCC(CCCC(F)(F)C(F)(F)F)C(=O)O)cc1. The van der Waals surface area contributed by atoms with E-state index in [1.165, 1.54) is 0 Å². The van der Waals surface area contributed by atoms with E-state index < -0.39 is 36.8 Å². The minimum Gasteiger partial charge on any atom is -0.508 e. The molecule has 1 aliphatic rings. The van der Waals surface area contributed by atoms with Crippen molar-refractivity contribution in [2.45, 2.75) is 67.4 Å². The fraction of sp³-hybridized carbons (Fsp3) is 0.406. The number of carboxylic acids is 1. The molecule has 0 spiro atoms. The zero-order valence-electron chi connectivity index (χ0n) is 23.4. The molecule has 43 heavy (non-hydrogen) atoms. The Hall–Kier alpha value is -3.47. The molecule has 3 aromatic rings. The van der Waals surface area contributed by atoms with Crippen LogP contribution in [0.2, 0.25) is 0 Å². The van der Waals surface area contributed by atoms with Gasteiger partial charge in [0.25, 0.3) is 0 Å². The van der Waals surface area contributed by atoms with Crippen molar-refractivity contribution in [1.29, 1.82) is 0 Å². The number of rotatable bonds is 12. The van der Waals surface area contributed by atoms with E-state index in [0.29, 0.717) is 5.75 Å². The zero-order chi connectivity index (χ0) is 31.4. The summed E-state index contributed by atoms with van der Waals surface area (Å²) in [7, 11) is 0. The maximum atomic E-state index is 13.1. The van der Waals surface area contributed by atoms with Crippen LogP contribution in [0.25, 0.3) is 0 Å². The first kappa shape index (κ1) is 32.4. The van der Waals surface area contributed by atoms with Crippen molar-refractivity contribution in [3.8, 4) is 17.2 Å². The zero-order valence-corrected chi connectivity index (χ0v) is 24.2. The molecule has 0 aromatic heterocycles. The van der Waals surface area contributed by atoms with E-state index >= 15 is 0 Å². The second kappa shape index (κ2) is 13.0. The number of carboxylic acid groups (broad SMARTS) is 1. The Morgan fingerprint density at radius 3 is 2.21 bits per heavy atom. The second-order valence-corrected chi connectivity index (χ2v) is 12.1. The summed E-state index contributed by atoms with van der Waals surface area (Å²) in [6, 6.07) is 20.0. The number of hydrogen-bond donors (Lipinski definition) is 3. The molecule has 1 aliphatic heterocycles. The Bertz CT molecular complexity index is 1390. The van der Waals surface area contributed by atoms with Gasteiger partial charge >= 0.3 is 18.1 Å². The third kappa shape index (κ3) is 7.55. The highest BCUT2D eigenvalue weighted by Crippen LogP contribution is 2.53. The number of halogens is 5. The van der Waals surface area contributed by atoms with E-state index in [0.717, 1.165) is 27.3 Å². The lowest BCUT2D eigenvalue weighted by Gasteiger charge is -2.43. The number of aliphatic carboxylic acids is 1. The van der Waals surface area contributed by atoms with Crippen LogP contribution in [0, 0.1) is 5.92 Å². The standard InChI is InChI=1S/C32H33F5O5S/c1-30(22-8-10-23(38)11-9-22)19-43-27-18-24(39)12-15-26(27)28(30)20-6-13-25(14-7-20)42-17-3-5-21(29(40)41)4-2-16-31(33,34)32(35,36)37/h6-15,18,21,28,38-39H,2-5,16-17,19H2,1H3,(H,40,41). The lowest BCUT2D eigenvalue weighted by molar-refractivity contribution is -0.284. The molecular formula is C32H33F5O5S. The number of fused-ring (bicyclic) bond motifs is 1. The number of carbonyl (C=O) groups is 1. The maximum Gasteiger partial charge on any atom is 0.453 e. The Morgan fingerprint density at radius 1 is 0.953 bits per heavy atom. The van der Waals surface area contributed by atoms with Crippen LogP contribution >= 0.6 is 11.8 Å². The van der Waals surface area contributed by atoms with Crippen molar-refractivity contribution < 1.29 is 46.8 Å². The number of benzene rings is 3. The smallest absolute Gasteiger partial charge is 0.453 e.